The molecule has 9 nitrogen and oxygen atoms in total. The van der Waals surface area contributed by atoms with Crippen molar-refractivity contribution in [3.63, 3.8) is 0 Å². The fourth-order valence-corrected chi connectivity index (χ4v) is 7.85. The van der Waals surface area contributed by atoms with Crippen LogP contribution in [-0.4, -0.2) is 45.5 Å². The molecule has 0 unspecified atom stereocenters. The first-order valence-electron chi connectivity index (χ1n) is 18.6. The Balaban J connectivity index is 0.000000217. The van der Waals surface area contributed by atoms with E-state index in [1.807, 2.05) is 52.2 Å². The van der Waals surface area contributed by atoms with Crippen molar-refractivity contribution >= 4 is 29.0 Å². The van der Waals surface area contributed by atoms with Crippen molar-refractivity contribution in [1.82, 2.24) is 19.9 Å². The smallest absolute Gasteiger partial charge is 0.222 e. The monoisotopic (exact) mass is 882 g/mol. The fourth-order valence-electron chi connectivity index (χ4n) is 7.54. The summed E-state index contributed by atoms with van der Waals surface area (Å²) in [5.41, 5.74) is 18.5. The van der Waals surface area contributed by atoms with E-state index in [1.54, 1.807) is 13.2 Å². The number of aliphatic imine (C=N–C) groups is 2. The standard InChI is InChI=1S/C23H23N5.C22H20F2N4.2CH4.Rh/c1-12-7-6-8-18(24)19(12)22-17-9-13(2)14(3)15(4)20(17)21-16(10-26-22)11-27-23(25-5)28-21;1-11-8-15-18(13(3)12(11)2)20-14(10-27-22(25-4)28-20)9-26-21(15)19-16(23)6-5-7-17(19)24;;;/h6-9,11H,10H2,1-5H3,(H,25,27,28);5-8,10H,9H2,1-4H3,(H,25,27,28);2*1H4;. The van der Waals surface area contributed by atoms with Crippen LogP contribution in [0.1, 0.15) is 87.2 Å². The quantitative estimate of drug-likeness (QED) is 0.167. The average molecular weight is 883 g/mol. The van der Waals surface area contributed by atoms with E-state index in [-0.39, 0.29) is 27.0 Å². The van der Waals surface area contributed by atoms with Gasteiger partial charge in [-0.1, -0.05) is 20.9 Å². The summed E-state index contributed by atoms with van der Waals surface area (Å²) in [7, 11) is 3.59. The first-order chi connectivity index (χ1) is 27.4. The van der Waals surface area contributed by atoms with Crippen molar-refractivity contribution in [3.8, 4) is 22.5 Å². The number of nitrogens with zero attached hydrogens (tertiary/aromatic N) is 7. The molecule has 0 atom stereocenters. The maximum Gasteiger partial charge on any atom is 0.222 e. The molecule has 59 heavy (non-hydrogen) atoms. The van der Waals surface area contributed by atoms with Crippen LogP contribution in [0, 0.1) is 60.1 Å². The summed E-state index contributed by atoms with van der Waals surface area (Å²) in [4.78, 5) is 27.9. The Morgan fingerprint density at radius 3 is 1.46 bits per heavy atom. The van der Waals surface area contributed by atoms with Crippen LogP contribution in [0.5, 0.6) is 0 Å². The van der Waals surface area contributed by atoms with Crippen molar-refractivity contribution in [2.24, 2.45) is 13.7 Å². The van der Waals surface area contributed by atoms with Gasteiger partial charge >= 0.3 is 181 Å². The van der Waals surface area contributed by atoms with Gasteiger partial charge in [-0.05, 0) is 55.7 Å². The summed E-state index contributed by atoms with van der Waals surface area (Å²) in [6, 6.07) is 14.2. The number of hydrogen-bond acceptors (Lipinski definition) is 9. The van der Waals surface area contributed by atoms with Crippen LogP contribution in [0.2, 0.25) is 0 Å². The van der Waals surface area contributed by atoms with Gasteiger partial charge in [-0.2, -0.15) is 0 Å². The zero-order chi connectivity index (χ0) is 40.7. The van der Waals surface area contributed by atoms with Gasteiger partial charge in [-0.3, -0.25) is 4.99 Å². The van der Waals surface area contributed by atoms with Crippen LogP contribution in [0.25, 0.3) is 22.5 Å². The molecule has 2 aromatic heterocycles. The molecule has 0 fully saturated rings. The number of nitrogens with one attached hydrogen (secondary N) is 2. The number of aryl methyl sites for hydroxylation is 3. The molecular weight excluding hydrogens is 831 g/mol. The Labute approximate surface area is 356 Å². The van der Waals surface area contributed by atoms with Crippen LogP contribution < -0.4 is 10.6 Å². The van der Waals surface area contributed by atoms with Crippen molar-refractivity contribution < 1.29 is 26.9 Å². The minimum absolute atomic E-state index is 0. The number of aromatic nitrogens is 4. The summed E-state index contributed by atoms with van der Waals surface area (Å²) in [6.07, 6.45) is 3.60. The molecule has 4 heterocycles. The fraction of sp³-hybridized carbons (Fsp3) is 0.277. The number of halogens is 2. The number of hydrogen-bond donors (Lipinski definition) is 2. The Hall–Kier alpha value is -5.74. The minimum atomic E-state index is -0.631. The molecule has 307 valence electrons. The minimum Gasteiger partial charge on any atom is -0.357 e. The molecule has 0 spiro atoms. The van der Waals surface area contributed by atoms with Crippen molar-refractivity contribution in [2.75, 3.05) is 24.7 Å². The van der Waals surface area contributed by atoms with Gasteiger partial charge in [0.05, 0.1) is 23.5 Å². The van der Waals surface area contributed by atoms with Gasteiger partial charge in [-0.15, -0.1) is 0 Å². The average Bonchev–Trinajstić information content (AvgIpc) is 3.46. The molecule has 2 N–H and O–H groups in total. The third kappa shape index (κ3) is 8.03. The molecule has 0 aliphatic carbocycles. The van der Waals surface area contributed by atoms with E-state index in [0.29, 0.717) is 29.7 Å². The molecule has 0 saturated carbocycles. The predicted octanol–water partition coefficient (Wildman–Crippen LogP) is 11.1. The Morgan fingerprint density at radius 1 is 0.576 bits per heavy atom. The normalized spacial score (nSPS) is 12.2. The second-order valence-electron chi connectivity index (χ2n) is 14.3. The van der Waals surface area contributed by atoms with E-state index in [1.165, 1.54) is 34.9 Å². The van der Waals surface area contributed by atoms with Gasteiger partial charge < -0.3 is 5.32 Å². The number of benzene rings is 4. The molecule has 0 bridgehead atoms. The van der Waals surface area contributed by atoms with Crippen molar-refractivity contribution in [2.45, 2.75) is 76.4 Å². The Bertz CT molecular complexity index is 2670. The molecule has 0 radical (unpaired) electrons. The molecule has 6 aromatic rings. The van der Waals surface area contributed by atoms with Crippen LogP contribution in [-0.2, 0) is 31.2 Å². The molecule has 2 aliphatic heterocycles. The summed E-state index contributed by atoms with van der Waals surface area (Å²) in [6.45, 7) is 15.4. The Kier molecular flexibility index (Phi) is 13.6. The summed E-state index contributed by atoms with van der Waals surface area (Å²) >= 11 is 2.69. The number of anilines is 2. The van der Waals surface area contributed by atoms with Gasteiger partial charge in [0.2, 0.25) is 5.95 Å². The van der Waals surface area contributed by atoms with Crippen LogP contribution in [0.15, 0.2) is 74.6 Å². The van der Waals surface area contributed by atoms with Gasteiger partial charge in [0, 0.05) is 29.9 Å². The summed E-state index contributed by atoms with van der Waals surface area (Å²) in [5, 5.41) is 6.02. The van der Waals surface area contributed by atoms with Gasteiger partial charge in [0.25, 0.3) is 0 Å². The van der Waals surface area contributed by atoms with Crippen molar-refractivity contribution in [1.29, 1.82) is 0 Å². The maximum absolute atomic E-state index is 14.6. The molecule has 12 heteroatoms. The van der Waals surface area contributed by atoms with Crippen LogP contribution in [0.4, 0.5) is 26.4 Å². The molecule has 4 aromatic carbocycles. The second-order valence-corrected chi connectivity index (χ2v) is 14.7. The van der Waals surface area contributed by atoms with Crippen molar-refractivity contribution in [3.05, 3.63) is 145 Å². The topological polar surface area (TPSA) is 113 Å². The number of rotatable bonds is 5. The molecule has 0 saturated heterocycles. The third-order valence-electron chi connectivity index (χ3n) is 11.1. The zero-order valence-corrected chi connectivity index (χ0v) is 35.0. The molecular formula is C47H51F2N9Rh. The van der Waals surface area contributed by atoms with E-state index in [4.69, 9.17) is 9.98 Å². The van der Waals surface area contributed by atoms with E-state index < -0.39 is 11.6 Å². The first kappa shape index (κ1) is 44.4. The van der Waals surface area contributed by atoms with E-state index in [2.05, 4.69) is 92.2 Å². The largest absolute Gasteiger partial charge is 0.357 e. The predicted molar refractivity (Wildman–Crippen MR) is 234 cm³/mol. The molecule has 2 aliphatic rings. The summed E-state index contributed by atoms with van der Waals surface area (Å²) < 4.78 is 33.7. The van der Waals surface area contributed by atoms with Gasteiger partial charge in [0.1, 0.15) is 11.6 Å². The third-order valence-corrected chi connectivity index (χ3v) is 11.5. The molecule has 0 amide bonds. The van der Waals surface area contributed by atoms with Gasteiger partial charge in [0.15, 0.2) is 0 Å². The van der Waals surface area contributed by atoms with E-state index in [0.717, 1.165) is 78.4 Å². The Morgan fingerprint density at radius 2 is 1.02 bits per heavy atom. The maximum atomic E-state index is 14.6. The van der Waals surface area contributed by atoms with Crippen LogP contribution >= 0.6 is 0 Å². The zero-order valence-electron chi connectivity index (χ0n) is 33.4. The molecule has 8 rings (SSSR count). The van der Waals surface area contributed by atoms with Gasteiger partial charge in [-0.25, -0.2) is 18.7 Å². The van der Waals surface area contributed by atoms with E-state index >= 15 is 0 Å². The SMILES string of the molecule is C.C.CNc1ncc2c(n1)-c1c(cc(C)c(C)c1C)C(c1c(C)cccc1[N]=[Rh])=NC2.CNc1ncc2c(n1)-c1c(cc(C)c(C)c1C)C(c1c(F)cccc1F)=NC2. The first-order valence-corrected chi connectivity index (χ1v) is 19.3. The van der Waals surface area contributed by atoms with E-state index in [9.17, 15) is 8.78 Å². The second kappa shape index (κ2) is 18.0. The number of fused-ring (bicyclic) bond motifs is 6. The van der Waals surface area contributed by atoms with Crippen LogP contribution in [0.3, 0.4) is 0 Å². The summed E-state index contributed by atoms with van der Waals surface area (Å²) in [5.74, 6) is -0.156.